The highest BCUT2D eigenvalue weighted by atomic mass is 32.2. The molecule has 0 unspecified atom stereocenters. The fourth-order valence-electron chi connectivity index (χ4n) is 3.71. The quantitative estimate of drug-likeness (QED) is 0.282. The van der Waals surface area contributed by atoms with Crippen molar-refractivity contribution in [2.24, 2.45) is 0 Å². The Kier molecular flexibility index (Phi) is 8.62. The van der Waals surface area contributed by atoms with E-state index in [0.29, 0.717) is 18.1 Å². The van der Waals surface area contributed by atoms with Crippen LogP contribution in [0.5, 0.6) is 5.75 Å². The fraction of sp³-hybridized carbons (Fsp3) is 0.143. The van der Waals surface area contributed by atoms with Gasteiger partial charge >= 0.3 is 0 Å². The van der Waals surface area contributed by atoms with Crippen molar-refractivity contribution in [1.29, 1.82) is 0 Å². The van der Waals surface area contributed by atoms with Crippen molar-refractivity contribution < 1.29 is 31.6 Å². The summed E-state index contributed by atoms with van der Waals surface area (Å²) in [7, 11) is -4.24. The lowest BCUT2D eigenvalue weighted by Gasteiger charge is -2.24. The SMILES string of the molecule is CCOc1ccc(S(=O)(=O)N(CC(=O)Nc2ccccc2C(=O)NCc2ccco2)c2ccc(F)cc2)cc1. The van der Waals surface area contributed by atoms with E-state index in [4.69, 9.17) is 9.15 Å². The molecule has 202 valence electrons. The highest BCUT2D eigenvalue weighted by Gasteiger charge is 2.28. The van der Waals surface area contributed by atoms with E-state index in [9.17, 15) is 22.4 Å². The number of nitrogens with zero attached hydrogens (tertiary/aromatic N) is 1. The highest BCUT2D eigenvalue weighted by molar-refractivity contribution is 7.92. The van der Waals surface area contributed by atoms with Crippen LogP contribution in [0.4, 0.5) is 15.8 Å². The van der Waals surface area contributed by atoms with Crippen molar-refractivity contribution in [2.45, 2.75) is 18.4 Å². The van der Waals surface area contributed by atoms with Crippen molar-refractivity contribution >= 4 is 33.2 Å². The highest BCUT2D eigenvalue weighted by Crippen LogP contribution is 2.26. The third-order valence-electron chi connectivity index (χ3n) is 5.57. The van der Waals surface area contributed by atoms with Gasteiger partial charge in [0.2, 0.25) is 5.91 Å². The molecule has 2 amide bonds. The zero-order chi connectivity index (χ0) is 27.8. The minimum absolute atomic E-state index is 0.0826. The van der Waals surface area contributed by atoms with Crippen molar-refractivity contribution in [2.75, 3.05) is 22.8 Å². The number of sulfonamides is 1. The summed E-state index contributed by atoms with van der Waals surface area (Å²) in [5.74, 6) is -0.681. The second-order valence-corrected chi connectivity index (χ2v) is 10.1. The first-order chi connectivity index (χ1) is 18.8. The Morgan fingerprint density at radius 2 is 1.67 bits per heavy atom. The van der Waals surface area contributed by atoms with E-state index in [1.165, 1.54) is 54.8 Å². The second kappa shape index (κ2) is 12.3. The number of furan rings is 1. The molecule has 4 rings (SSSR count). The first-order valence-electron chi connectivity index (χ1n) is 12.0. The smallest absolute Gasteiger partial charge is 0.264 e. The lowest BCUT2D eigenvalue weighted by atomic mass is 10.1. The molecule has 11 heteroatoms. The molecule has 39 heavy (non-hydrogen) atoms. The molecule has 3 aromatic carbocycles. The van der Waals surface area contributed by atoms with E-state index in [1.54, 1.807) is 31.2 Å². The van der Waals surface area contributed by atoms with Gasteiger partial charge in [-0.25, -0.2) is 12.8 Å². The minimum atomic E-state index is -4.24. The van der Waals surface area contributed by atoms with Crippen LogP contribution in [-0.2, 0) is 21.4 Å². The number of rotatable bonds is 11. The molecule has 0 bridgehead atoms. The first kappa shape index (κ1) is 27.4. The Hall–Kier alpha value is -4.64. The van der Waals surface area contributed by atoms with Gasteiger partial charge in [0.25, 0.3) is 15.9 Å². The van der Waals surface area contributed by atoms with E-state index in [-0.39, 0.29) is 28.4 Å². The molecule has 0 spiro atoms. The van der Waals surface area contributed by atoms with Gasteiger partial charge in [-0.1, -0.05) is 12.1 Å². The molecule has 4 aromatic rings. The molecular weight excluding hydrogens is 525 g/mol. The predicted molar refractivity (Wildman–Crippen MR) is 143 cm³/mol. The summed E-state index contributed by atoms with van der Waals surface area (Å²) >= 11 is 0. The van der Waals surface area contributed by atoms with Gasteiger partial charge in [-0.3, -0.25) is 13.9 Å². The van der Waals surface area contributed by atoms with Crippen molar-refractivity contribution in [3.05, 3.63) is 108 Å². The standard InChI is InChI=1S/C28H26FN3O6S/c1-2-37-22-13-15-24(16-14-22)39(35,36)32(21-11-9-20(29)10-12-21)19-27(33)31-26-8-4-3-7-25(26)28(34)30-18-23-6-5-17-38-23/h3-17H,2,18-19H2,1H3,(H,30,34)(H,31,33). The summed E-state index contributed by atoms with van der Waals surface area (Å²) < 4.78 is 52.2. The average Bonchev–Trinajstić information content (AvgIpc) is 3.46. The molecule has 0 aliphatic rings. The van der Waals surface area contributed by atoms with Crippen LogP contribution in [0.1, 0.15) is 23.0 Å². The molecule has 0 fully saturated rings. The Morgan fingerprint density at radius 3 is 2.33 bits per heavy atom. The van der Waals surface area contributed by atoms with E-state index < -0.39 is 34.2 Å². The zero-order valence-electron chi connectivity index (χ0n) is 21.0. The summed E-state index contributed by atoms with van der Waals surface area (Å²) in [6.07, 6.45) is 1.49. The molecule has 0 saturated heterocycles. The summed E-state index contributed by atoms with van der Waals surface area (Å²) in [5, 5.41) is 5.33. The van der Waals surface area contributed by atoms with E-state index in [0.717, 1.165) is 16.4 Å². The Morgan fingerprint density at radius 1 is 0.949 bits per heavy atom. The molecule has 9 nitrogen and oxygen atoms in total. The van der Waals surface area contributed by atoms with Crippen LogP contribution >= 0.6 is 0 Å². The number of anilines is 2. The maximum Gasteiger partial charge on any atom is 0.264 e. The van der Waals surface area contributed by atoms with Crippen LogP contribution in [0.2, 0.25) is 0 Å². The van der Waals surface area contributed by atoms with E-state index in [2.05, 4.69) is 10.6 Å². The number of nitrogens with one attached hydrogen (secondary N) is 2. The molecule has 0 radical (unpaired) electrons. The van der Waals surface area contributed by atoms with Crippen LogP contribution in [0.15, 0.2) is 101 Å². The first-order valence-corrected chi connectivity index (χ1v) is 13.4. The minimum Gasteiger partial charge on any atom is -0.494 e. The van der Waals surface area contributed by atoms with Crippen LogP contribution in [0, 0.1) is 5.82 Å². The van der Waals surface area contributed by atoms with Crippen molar-refractivity contribution in [1.82, 2.24) is 5.32 Å². The van der Waals surface area contributed by atoms with Gasteiger partial charge in [0, 0.05) is 0 Å². The third kappa shape index (κ3) is 6.82. The third-order valence-corrected chi connectivity index (χ3v) is 7.36. The number of para-hydroxylation sites is 1. The van der Waals surface area contributed by atoms with Gasteiger partial charge in [0.1, 0.15) is 23.9 Å². The summed E-state index contributed by atoms with van der Waals surface area (Å²) in [6, 6.07) is 20.2. The number of carbonyl (C=O) groups excluding carboxylic acids is 2. The maximum atomic E-state index is 13.6. The number of ether oxygens (including phenoxy) is 1. The molecule has 0 atom stereocenters. The number of carbonyl (C=O) groups is 2. The van der Waals surface area contributed by atoms with E-state index >= 15 is 0 Å². The lowest BCUT2D eigenvalue weighted by Crippen LogP contribution is -2.38. The number of hydrogen-bond acceptors (Lipinski definition) is 6. The largest absolute Gasteiger partial charge is 0.494 e. The predicted octanol–water partition coefficient (Wildman–Crippen LogP) is 4.58. The second-order valence-electron chi connectivity index (χ2n) is 8.25. The molecule has 2 N–H and O–H groups in total. The lowest BCUT2D eigenvalue weighted by molar-refractivity contribution is -0.114. The van der Waals surface area contributed by atoms with Gasteiger partial charge in [-0.05, 0) is 79.7 Å². The molecule has 1 aromatic heterocycles. The Labute approximate surface area is 225 Å². The van der Waals surface area contributed by atoms with Gasteiger partial charge in [0.05, 0.1) is 41.2 Å². The number of halogens is 1. The van der Waals surface area contributed by atoms with Crippen molar-refractivity contribution in [3.63, 3.8) is 0 Å². The van der Waals surface area contributed by atoms with Crippen LogP contribution in [0.25, 0.3) is 0 Å². The number of benzene rings is 3. The molecule has 0 aliphatic heterocycles. The maximum absolute atomic E-state index is 13.6. The number of hydrogen-bond donors (Lipinski definition) is 2. The Bertz CT molecular complexity index is 1520. The fourth-order valence-corrected chi connectivity index (χ4v) is 5.13. The molecule has 0 aliphatic carbocycles. The van der Waals surface area contributed by atoms with Crippen molar-refractivity contribution in [3.8, 4) is 5.75 Å². The van der Waals surface area contributed by atoms with Crippen LogP contribution in [0.3, 0.4) is 0 Å². The van der Waals surface area contributed by atoms with Crippen LogP contribution in [-0.4, -0.2) is 33.4 Å². The summed E-state index contributed by atoms with van der Waals surface area (Å²) in [4.78, 5) is 25.8. The summed E-state index contributed by atoms with van der Waals surface area (Å²) in [6.45, 7) is 1.73. The average molecular weight is 552 g/mol. The normalized spacial score (nSPS) is 11.0. The topological polar surface area (TPSA) is 118 Å². The van der Waals surface area contributed by atoms with E-state index in [1.807, 2.05) is 0 Å². The molecular formula is C28H26FN3O6S. The molecule has 0 saturated carbocycles. The molecule has 1 heterocycles. The van der Waals surface area contributed by atoms with Gasteiger partial charge in [0.15, 0.2) is 0 Å². The monoisotopic (exact) mass is 551 g/mol. The Balaban J connectivity index is 1.56. The number of amides is 2. The summed E-state index contributed by atoms with van der Waals surface area (Å²) in [5.41, 5.74) is 0.460. The van der Waals surface area contributed by atoms with Gasteiger partial charge in [-0.2, -0.15) is 0 Å². The van der Waals surface area contributed by atoms with Gasteiger partial charge in [-0.15, -0.1) is 0 Å². The van der Waals surface area contributed by atoms with Gasteiger partial charge < -0.3 is 19.8 Å². The van der Waals surface area contributed by atoms with Crippen LogP contribution < -0.4 is 19.7 Å². The zero-order valence-corrected chi connectivity index (χ0v) is 21.8.